The molecule has 1 aromatic carbocycles. The van der Waals surface area contributed by atoms with Crippen LogP contribution < -0.4 is 0 Å². The van der Waals surface area contributed by atoms with Crippen LogP contribution in [0.15, 0.2) is 16.6 Å². The number of hydrogen-bond acceptors (Lipinski definition) is 1. The zero-order valence-corrected chi connectivity index (χ0v) is 10.7. The molecule has 0 aliphatic carbocycles. The number of likely N-dealkylation sites (tertiary alicyclic amines) is 1. The summed E-state index contributed by atoms with van der Waals surface area (Å²) in [5, 5.41) is 0. The topological polar surface area (TPSA) is 3.24 Å². The summed E-state index contributed by atoms with van der Waals surface area (Å²) in [5.41, 5.74) is 0.425. The summed E-state index contributed by atoms with van der Waals surface area (Å²) in [6, 6.07) is 2.79. The molecule has 2 rings (SSSR count). The third-order valence-electron chi connectivity index (χ3n) is 3.19. The van der Waals surface area contributed by atoms with Gasteiger partial charge in [-0.1, -0.05) is 0 Å². The Labute approximate surface area is 103 Å². The lowest BCUT2D eigenvalue weighted by Crippen LogP contribution is -2.27. The van der Waals surface area contributed by atoms with Crippen LogP contribution in [-0.2, 0) is 6.54 Å². The lowest BCUT2D eigenvalue weighted by molar-refractivity contribution is 0.255. The molecule has 1 aromatic rings. The Kier molecular flexibility index (Phi) is 3.60. The molecule has 1 atom stereocenters. The summed E-state index contributed by atoms with van der Waals surface area (Å²) in [4.78, 5) is 2.18. The number of halogens is 3. The van der Waals surface area contributed by atoms with Crippen molar-refractivity contribution in [2.75, 3.05) is 6.54 Å². The quantitative estimate of drug-likeness (QED) is 0.750. The van der Waals surface area contributed by atoms with Crippen molar-refractivity contribution in [3.05, 3.63) is 33.8 Å². The average Bonchev–Trinajstić information content (AvgIpc) is 2.65. The van der Waals surface area contributed by atoms with E-state index in [0.717, 1.165) is 25.5 Å². The van der Waals surface area contributed by atoms with E-state index in [9.17, 15) is 8.78 Å². The molecule has 0 aromatic heterocycles. The van der Waals surface area contributed by atoms with Crippen molar-refractivity contribution in [3.63, 3.8) is 0 Å². The molecule has 16 heavy (non-hydrogen) atoms. The van der Waals surface area contributed by atoms with Crippen LogP contribution >= 0.6 is 15.9 Å². The van der Waals surface area contributed by atoms with Gasteiger partial charge in [0.05, 0.1) is 4.47 Å². The van der Waals surface area contributed by atoms with E-state index in [4.69, 9.17) is 0 Å². The van der Waals surface area contributed by atoms with Gasteiger partial charge >= 0.3 is 0 Å². The van der Waals surface area contributed by atoms with Gasteiger partial charge in [0.15, 0.2) is 0 Å². The van der Waals surface area contributed by atoms with Gasteiger partial charge in [0.1, 0.15) is 11.6 Å². The second-order valence-electron chi connectivity index (χ2n) is 4.28. The molecule has 1 saturated heterocycles. The van der Waals surface area contributed by atoms with Crippen molar-refractivity contribution in [2.24, 2.45) is 0 Å². The third-order valence-corrected chi connectivity index (χ3v) is 4.05. The van der Waals surface area contributed by atoms with Gasteiger partial charge in [-0.25, -0.2) is 8.78 Å². The molecule has 1 fully saturated rings. The van der Waals surface area contributed by atoms with E-state index < -0.39 is 5.82 Å². The number of rotatable bonds is 2. The molecule has 1 nitrogen and oxygen atoms in total. The molecule has 1 heterocycles. The summed E-state index contributed by atoms with van der Waals surface area (Å²) in [7, 11) is 0. The van der Waals surface area contributed by atoms with Crippen LogP contribution in [0.5, 0.6) is 0 Å². The molecule has 0 bridgehead atoms. The standard InChI is InChI=1S/C12H14BrF2N/c1-8-3-2-6-16(8)7-9-10(14)4-5-11(15)12(9)13/h4-5,8H,2-3,6-7H2,1H3/t8-/m0/s1. The highest BCUT2D eigenvalue weighted by atomic mass is 79.9. The highest BCUT2D eigenvalue weighted by molar-refractivity contribution is 9.10. The predicted molar refractivity (Wildman–Crippen MR) is 63.2 cm³/mol. The first-order valence-electron chi connectivity index (χ1n) is 5.46. The van der Waals surface area contributed by atoms with Gasteiger partial charge in [0.2, 0.25) is 0 Å². The van der Waals surface area contributed by atoms with Gasteiger partial charge in [-0.05, 0) is 54.4 Å². The van der Waals surface area contributed by atoms with Crippen LogP contribution in [0.4, 0.5) is 8.78 Å². The third kappa shape index (κ3) is 2.28. The Hall–Kier alpha value is -0.480. The van der Waals surface area contributed by atoms with Crippen LogP contribution in [0, 0.1) is 11.6 Å². The molecular formula is C12H14BrF2N. The first kappa shape index (κ1) is 12.0. The monoisotopic (exact) mass is 289 g/mol. The van der Waals surface area contributed by atoms with Crippen LogP contribution in [-0.4, -0.2) is 17.5 Å². The summed E-state index contributed by atoms with van der Waals surface area (Å²) in [5.74, 6) is -0.740. The predicted octanol–water partition coefficient (Wildman–Crippen LogP) is 3.71. The second kappa shape index (κ2) is 4.80. The molecule has 0 N–H and O–H groups in total. The van der Waals surface area contributed by atoms with Gasteiger partial charge < -0.3 is 0 Å². The number of nitrogens with zero attached hydrogens (tertiary/aromatic N) is 1. The molecule has 1 aliphatic heterocycles. The Morgan fingerprint density at radius 2 is 2.06 bits per heavy atom. The SMILES string of the molecule is C[C@H]1CCCN1Cc1c(F)ccc(F)c1Br. The average molecular weight is 290 g/mol. The maximum absolute atomic E-state index is 13.6. The zero-order valence-electron chi connectivity index (χ0n) is 9.14. The first-order chi connectivity index (χ1) is 7.59. The van der Waals surface area contributed by atoms with Crippen molar-refractivity contribution in [2.45, 2.75) is 32.4 Å². The van der Waals surface area contributed by atoms with Crippen LogP contribution in [0.3, 0.4) is 0 Å². The molecule has 0 spiro atoms. The lowest BCUT2D eigenvalue weighted by atomic mass is 10.2. The molecule has 4 heteroatoms. The number of hydrogen-bond donors (Lipinski definition) is 0. The molecular weight excluding hydrogens is 276 g/mol. The van der Waals surface area contributed by atoms with E-state index >= 15 is 0 Å². The van der Waals surface area contributed by atoms with Crippen molar-refractivity contribution in [3.8, 4) is 0 Å². The van der Waals surface area contributed by atoms with Crippen LogP contribution in [0.2, 0.25) is 0 Å². The molecule has 0 radical (unpaired) electrons. The lowest BCUT2D eigenvalue weighted by Gasteiger charge is -2.22. The van der Waals surface area contributed by atoms with Crippen molar-refractivity contribution < 1.29 is 8.78 Å². The summed E-state index contributed by atoms with van der Waals surface area (Å²) in [6.07, 6.45) is 2.27. The molecule has 88 valence electrons. The highest BCUT2D eigenvalue weighted by Gasteiger charge is 2.23. The first-order valence-corrected chi connectivity index (χ1v) is 6.25. The van der Waals surface area contributed by atoms with Gasteiger partial charge in [0.25, 0.3) is 0 Å². The Balaban J connectivity index is 2.23. The Morgan fingerprint density at radius 3 is 2.69 bits per heavy atom. The molecule has 0 saturated carbocycles. The summed E-state index contributed by atoms with van der Waals surface area (Å²) < 4.78 is 27.1. The van der Waals surface area contributed by atoms with Crippen LogP contribution in [0.25, 0.3) is 0 Å². The van der Waals surface area contributed by atoms with Crippen molar-refractivity contribution >= 4 is 15.9 Å². The molecule has 0 amide bonds. The summed E-state index contributed by atoms with van der Waals surface area (Å²) in [6.45, 7) is 3.56. The van der Waals surface area contributed by atoms with E-state index in [2.05, 4.69) is 27.8 Å². The Bertz CT molecular complexity index is 395. The Morgan fingerprint density at radius 1 is 1.38 bits per heavy atom. The highest BCUT2D eigenvalue weighted by Crippen LogP contribution is 2.27. The van der Waals surface area contributed by atoms with Gasteiger partial charge in [-0.15, -0.1) is 0 Å². The van der Waals surface area contributed by atoms with E-state index in [0.29, 0.717) is 18.2 Å². The van der Waals surface area contributed by atoms with Gasteiger partial charge in [0, 0.05) is 18.2 Å². The largest absolute Gasteiger partial charge is 0.296 e. The van der Waals surface area contributed by atoms with Gasteiger partial charge in [-0.3, -0.25) is 4.90 Å². The van der Waals surface area contributed by atoms with E-state index in [1.807, 2.05) is 0 Å². The molecule has 0 unspecified atom stereocenters. The normalized spacial score (nSPS) is 21.6. The second-order valence-corrected chi connectivity index (χ2v) is 5.08. The van der Waals surface area contributed by atoms with Crippen LogP contribution in [0.1, 0.15) is 25.3 Å². The minimum Gasteiger partial charge on any atom is -0.296 e. The van der Waals surface area contributed by atoms with Crippen molar-refractivity contribution in [1.29, 1.82) is 0 Å². The van der Waals surface area contributed by atoms with E-state index in [1.54, 1.807) is 0 Å². The maximum Gasteiger partial charge on any atom is 0.137 e. The fourth-order valence-electron chi connectivity index (χ4n) is 2.14. The fraction of sp³-hybridized carbons (Fsp3) is 0.500. The minimum atomic E-state index is -0.400. The minimum absolute atomic E-state index is 0.256. The van der Waals surface area contributed by atoms with E-state index in [1.165, 1.54) is 6.07 Å². The smallest absolute Gasteiger partial charge is 0.137 e. The number of benzene rings is 1. The van der Waals surface area contributed by atoms with Crippen molar-refractivity contribution in [1.82, 2.24) is 4.90 Å². The fourth-order valence-corrected chi connectivity index (χ4v) is 2.59. The summed E-state index contributed by atoms with van der Waals surface area (Å²) >= 11 is 3.12. The maximum atomic E-state index is 13.6. The van der Waals surface area contributed by atoms with E-state index in [-0.39, 0.29) is 10.3 Å². The molecule has 1 aliphatic rings. The van der Waals surface area contributed by atoms with Gasteiger partial charge in [-0.2, -0.15) is 0 Å². The zero-order chi connectivity index (χ0) is 11.7.